The third kappa shape index (κ3) is 2.96. The molecule has 0 saturated heterocycles. The molecule has 1 saturated carbocycles. The van der Waals surface area contributed by atoms with Crippen LogP contribution in [0.15, 0.2) is 34.3 Å². The maximum Gasteiger partial charge on any atom is 0.220 e. The molecule has 0 aromatic heterocycles. The number of rotatable bonds is 4. The molecule has 0 bridgehead atoms. The number of nitrogens with two attached hydrogens (primary N) is 2. The highest BCUT2D eigenvalue weighted by Crippen LogP contribution is 2.42. The SMILES string of the molecule is NC1=NC2(CCCCC2)N(c2ccccc2OCCO)C(N)=N1. The van der Waals surface area contributed by atoms with Crippen LogP contribution >= 0.6 is 0 Å². The molecule has 1 aliphatic heterocycles. The van der Waals surface area contributed by atoms with Gasteiger partial charge in [0.2, 0.25) is 11.9 Å². The molecule has 1 heterocycles. The molecular weight excluding hydrogens is 294 g/mol. The number of nitrogens with zero attached hydrogens (tertiary/aromatic N) is 3. The van der Waals surface area contributed by atoms with Crippen LogP contribution in [-0.2, 0) is 0 Å². The molecule has 1 spiro atoms. The Morgan fingerprint density at radius 1 is 1.17 bits per heavy atom. The molecule has 1 fully saturated rings. The fourth-order valence-corrected chi connectivity index (χ4v) is 3.39. The maximum atomic E-state index is 9.03. The summed E-state index contributed by atoms with van der Waals surface area (Å²) in [5.74, 6) is 1.22. The Kier molecular flexibility index (Phi) is 4.38. The smallest absolute Gasteiger partial charge is 0.220 e. The second kappa shape index (κ2) is 6.45. The van der Waals surface area contributed by atoms with Gasteiger partial charge >= 0.3 is 0 Å². The Labute approximate surface area is 135 Å². The lowest BCUT2D eigenvalue weighted by Gasteiger charge is -2.45. The van der Waals surface area contributed by atoms with Gasteiger partial charge in [0.05, 0.1) is 12.3 Å². The number of ether oxygens (including phenoxy) is 1. The zero-order valence-electron chi connectivity index (χ0n) is 13.1. The summed E-state index contributed by atoms with van der Waals surface area (Å²) in [4.78, 5) is 10.7. The average Bonchev–Trinajstić information content (AvgIpc) is 2.54. The van der Waals surface area contributed by atoms with E-state index in [1.165, 1.54) is 6.42 Å². The molecule has 2 aliphatic rings. The molecule has 0 atom stereocenters. The van der Waals surface area contributed by atoms with Crippen molar-refractivity contribution >= 4 is 17.6 Å². The molecule has 7 heteroatoms. The van der Waals surface area contributed by atoms with Gasteiger partial charge < -0.3 is 21.3 Å². The molecule has 1 aromatic carbocycles. The first kappa shape index (κ1) is 15.6. The molecule has 0 unspecified atom stereocenters. The van der Waals surface area contributed by atoms with Crippen molar-refractivity contribution in [2.45, 2.75) is 37.8 Å². The number of aliphatic imine (C=N–C) groups is 2. The summed E-state index contributed by atoms with van der Waals surface area (Å²) in [6.45, 7) is 0.175. The van der Waals surface area contributed by atoms with E-state index < -0.39 is 5.66 Å². The van der Waals surface area contributed by atoms with E-state index in [4.69, 9.17) is 21.3 Å². The average molecular weight is 317 g/mol. The lowest BCUT2D eigenvalue weighted by molar-refractivity contribution is 0.201. The minimum Gasteiger partial charge on any atom is -0.489 e. The summed E-state index contributed by atoms with van der Waals surface area (Å²) in [5, 5.41) is 9.03. The van der Waals surface area contributed by atoms with Gasteiger partial charge in [0.15, 0.2) is 0 Å². The predicted molar refractivity (Wildman–Crippen MR) is 90.6 cm³/mol. The van der Waals surface area contributed by atoms with E-state index in [1.54, 1.807) is 0 Å². The standard InChI is InChI=1S/C16H23N5O2/c17-14-19-15(18)21(16(20-14)8-4-1-5-9-16)12-6-2-3-7-13(12)23-11-10-22/h2-3,6-7,22H,1,4-5,8-11H2,(H4,17,18,19,20). The van der Waals surface area contributed by atoms with Crippen LogP contribution in [0.1, 0.15) is 32.1 Å². The van der Waals surface area contributed by atoms with Crippen molar-refractivity contribution in [2.24, 2.45) is 21.5 Å². The fourth-order valence-electron chi connectivity index (χ4n) is 3.39. The van der Waals surface area contributed by atoms with Crippen LogP contribution in [-0.4, -0.2) is 35.9 Å². The minimum atomic E-state index is -0.493. The highest BCUT2D eigenvalue weighted by atomic mass is 16.5. The highest BCUT2D eigenvalue weighted by Gasteiger charge is 2.43. The van der Waals surface area contributed by atoms with Crippen molar-refractivity contribution < 1.29 is 9.84 Å². The van der Waals surface area contributed by atoms with Crippen molar-refractivity contribution in [3.8, 4) is 5.75 Å². The van der Waals surface area contributed by atoms with Gasteiger partial charge in [0.25, 0.3) is 0 Å². The van der Waals surface area contributed by atoms with Gasteiger partial charge in [-0.3, -0.25) is 4.90 Å². The van der Waals surface area contributed by atoms with E-state index in [0.717, 1.165) is 31.4 Å². The number of aliphatic hydroxyl groups is 1. The molecule has 1 aliphatic carbocycles. The molecule has 1 aromatic rings. The molecular formula is C16H23N5O2. The largest absolute Gasteiger partial charge is 0.489 e. The molecule has 23 heavy (non-hydrogen) atoms. The molecule has 0 radical (unpaired) electrons. The number of para-hydroxylation sites is 2. The highest BCUT2D eigenvalue weighted by molar-refractivity contribution is 6.06. The first-order chi connectivity index (χ1) is 11.2. The van der Waals surface area contributed by atoms with Crippen LogP contribution < -0.4 is 21.1 Å². The minimum absolute atomic E-state index is 0.0475. The van der Waals surface area contributed by atoms with Crippen LogP contribution in [0.4, 0.5) is 5.69 Å². The van der Waals surface area contributed by atoms with Crippen molar-refractivity contribution in [3.63, 3.8) is 0 Å². The summed E-state index contributed by atoms with van der Waals surface area (Å²) < 4.78 is 5.67. The van der Waals surface area contributed by atoms with Gasteiger partial charge in [-0.2, -0.15) is 4.99 Å². The third-order valence-electron chi connectivity index (χ3n) is 4.31. The summed E-state index contributed by atoms with van der Waals surface area (Å²) >= 11 is 0. The van der Waals surface area contributed by atoms with Gasteiger partial charge in [-0.1, -0.05) is 18.6 Å². The topological polar surface area (TPSA) is 109 Å². The van der Waals surface area contributed by atoms with E-state index in [9.17, 15) is 0 Å². The molecule has 7 nitrogen and oxygen atoms in total. The first-order valence-corrected chi connectivity index (χ1v) is 7.99. The van der Waals surface area contributed by atoms with Crippen molar-refractivity contribution in [1.29, 1.82) is 0 Å². The Morgan fingerprint density at radius 3 is 2.65 bits per heavy atom. The monoisotopic (exact) mass is 317 g/mol. The van der Waals surface area contributed by atoms with E-state index >= 15 is 0 Å². The molecule has 3 rings (SSSR count). The molecule has 5 N–H and O–H groups in total. The first-order valence-electron chi connectivity index (χ1n) is 7.99. The summed E-state index contributed by atoms with van der Waals surface area (Å²) in [6, 6.07) is 7.60. The van der Waals surface area contributed by atoms with Crippen molar-refractivity contribution in [1.82, 2.24) is 0 Å². The number of benzene rings is 1. The number of anilines is 1. The summed E-state index contributed by atoms with van der Waals surface area (Å²) in [6.07, 6.45) is 5.07. The van der Waals surface area contributed by atoms with E-state index in [0.29, 0.717) is 11.7 Å². The second-order valence-electron chi connectivity index (χ2n) is 5.86. The normalized spacial score (nSPS) is 20.1. The zero-order chi connectivity index (χ0) is 16.3. The number of guanidine groups is 2. The quantitative estimate of drug-likeness (QED) is 0.772. The van der Waals surface area contributed by atoms with Crippen LogP contribution in [0.2, 0.25) is 0 Å². The molecule has 0 amide bonds. The Hall–Kier alpha value is -2.28. The number of hydrogen-bond donors (Lipinski definition) is 3. The third-order valence-corrected chi connectivity index (χ3v) is 4.31. The van der Waals surface area contributed by atoms with Crippen LogP contribution in [0.25, 0.3) is 0 Å². The Bertz CT molecular complexity index is 623. The maximum absolute atomic E-state index is 9.03. The molecule has 124 valence electrons. The van der Waals surface area contributed by atoms with Gasteiger partial charge in [0.1, 0.15) is 18.0 Å². The fraction of sp³-hybridized carbons (Fsp3) is 0.500. The van der Waals surface area contributed by atoms with Crippen LogP contribution in [0, 0.1) is 0 Å². The van der Waals surface area contributed by atoms with Crippen LogP contribution in [0.3, 0.4) is 0 Å². The lowest BCUT2D eigenvalue weighted by atomic mass is 9.87. The number of aliphatic hydroxyl groups excluding tert-OH is 1. The number of hydrogen-bond acceptors (Lipinski definition) is 7. The van der Waals surface area contributed by atoms with E-state index in [-0.39, 0.29) is 19.2 Å². The summed E-state index contributed by atoms with van der Waals surface area (Å²) in [7, 11) is 0. The van der Waals surface area contributed by atoms with Crippen molar-refractivity contribution in [3.05, 3.63) is 24.3 Å². The second-order valence-corrected chi connectivity index (χ2v) is 5.86. The summed E-state index contributed by atoms with van der Waals surface area (Å²) in [5.41, 5.74) is 12.4. The van der Waals surface area contributed by atoms with Crippen molar-refractivity contribution in [2.75, 3.05) is 18.1 Å². The van der Waals surface area contributed by atoms with Crippen LogP contribution in [0.5, 0.6) is 5.75 Å². The zero-order valence-corrected chi connectivity index (χ0v) is 13.1. The van der Waals surface area contributed by atoms with Gasteiger partial charge in [-0.05, 0) is 37.8 Å². The van der Waals surface area contributed by atoms with Gasteiger partial charge in [-0.25, -0.2) is 4.99 Å². The predicted octanol–water partition coefficient (Wildman–Crippen LogP) is 1.17. The Morgan fingerprint density at radius 2 is 1.91 bits per heavy atom. The lowest BCUT2D eigenvalue weighted by Crippen LogP contribution is -2.58. The Balaban J connectivity index is 2.04. The van der Waals surface area contributed by atoms with E-state index in [2.05, 4.69) is 9.98 Å². The van der Waals surface area contributed by atoms with Gasteiger partial charge in [0, 0.05) is 0 Å². The van der Waals surface area contributed by atoms with Gasteiger partial charge in [-0.15, -0.1) is 0 Å². The van der Waals surface area contributed by atoms with E-state index in [1.807, 2.05) is 29.2 Å².